The fraction of sp³-hybridized carbons (Fsp3) is 0.286. The highest BCUT2D eigenvalue weighted by molar-refractivity contribution is 5.80. The molecule has 2 aromatic heterocycles. The summed E-state index contributed by atoms with van der Waals surface area (Å²) in [5.41, 5.74) is 8.15. The highest BCUT2D eigenvalue weighted by Crippen LogP contribution is 2.32. The fourth-order valence-electron chi connectivity index (χ4n) is 6.10. The van der Waals surface area contributed by atoms with E-state index in [1.165, 1.54) is 16.7 Å². The van der Waals surface area contributed by atoms with Gasteiger partial charge in [-0.3, -0.25) is 14.4 Å². The number of hydrogen-bond acceptors (Lipinski definition) is 5. The molecule has 8 nitrogen and oxygen atoms in total. The van der Waals surface area contributed by atoms with Crippen molar-refractivity contribution >= 4 is 5.91 Å². The van der Waals surface area contributed by atoms with Crippen LogP contribution in [-0.4, -0.2) is 69.8 Å². The Bertz CT molecular complexity index is 1680. The average Bonchev–Trinajstić information content (AvgIpc) is 3.74. The summed E-state index contributed by atoms with van der Waals surface area (Å²) < 4.78 is 9.05. The van der Waals surface area contributed by atoms with E-state index < -0.39 is 0 Å². The van der Waals surface area contributed by atoms with Gasteiger partial charge in [-0.1, -0.05) is 72.8 Å². The minimum Gasteiger partial charge on any atom is -0.383 e. The van der Waals surface area contributed by atoms with E-state index in [4.69, 9.17) is 9.84 Å². The third-order valence-electron chi connectivity index (χ3n) is 8.33. The zero-order valence-corrected chi connectivity index (χ0v) is 25.0. The van der Waals surface area contributed by atoms with Crippen LogP contribution in [-0.2, 0) is 23.0 Å². The number of aryl methyl sites for hydroxylation is 1. The molecule has 0 aliphatic carbocycles. The summed E-state index contributed by atoms with van der Waals surface area (Å²) in [7, 11) is 3.62. The van der Waals surface area contributed by atoms with Crippen molar-refractivity contribution in [2.24, 2.45) is 7.05 Å². The number of aromatic nitrogens is 4. The first-order valence-electron chi connectivity index (χ1n) is 14.8. The van der Waals surface area contributed by atoms with Crippen LogP contribution in [0, 0.1) is 6.92 Å². The molecule has 1 aliphatic heterocycles. The topological polar surface area (TPSA) is 77.2 Å². The number of carbonyl (C=O) groups excluding carboxylic acids is 1. The maximum atomic E-state index is 13.8. The number of nitrogens with zero attached hydrogens (tertiary/aromatic N) is 5. The lowest BCUT2D eigenvalue weighted by Gasteiger charge is -2.21. The van der Waals surface area contributed by atoms with Crippen LogP contribution in [0.2, 0.25) is 0 Å². The van der Waals surface area contributed by atoms with E-state index in [2.05, 4.69) is 63.8 Å². The summed E-state index contributed by atoms with van der Waals surface area (Å²) in [4.78, 5) is 16.2. The third-order valence-corrected chi connectivity index (χ3v) is 8.33. The van der Waals surface area contributed by atoms with Crippen molar-refractivity contribution < 1.29 is 9.53 Å². The maximum absolute atomic E-state index is 13.8. The molecule has 8 heteroatoms. The lowest BCUT2D eigenvalue weighted by molar-refractivity contribution is -0.121. The molecule has 0 radical (unpaired) electrons. The van der Waals surface area contributed by atoms with Crippen molar-refractivity contribution in [1.82, 2.24) is 29.8 Å². The van der Waals surface area contributed by atoms with Gasteiger partial charge in [0.2, 0.25) is 5.91 Å². The van der Waals surface area contributed by atoms with Crippen LogP contribution in [0.3, 0.4) is 0 Å². The largest absolute Gasteiger partial charge is 0.383 e. The van der Waals surface area contributed by atoms with Gasteiger partial charge in [0, 0.05) is 57.5 Å². The number of para-hydroxylation sites is 1. The number of ether oxygens (including phenoxy) is 1. The Labute approximate surface area is 252 Å². The molecular weight excluding hydrogens is 536 g/mol. The second-order valence-corrected chi connectivity index (χ2v) is 11.3. The Kier molecular flexibility index (Phi) is 8.49. The molecule has 220 valence electrons. The minimum absolute atomic E-state index is 0.0132. The van der Waals surface area contributed by atoms with Gasteiger partial charge in [-0.15, -0.1) is 0 Å². The summed E-state index contributed by atoms with van der Waals surface area (Å²) in [6.45, 7) is 5.15. The fourth-order valence-corrected chi connectivity index (χ4v) is 6.10. The van der Waals surface area contributed by atoms with E-state index in [-0.39, 0.29) is 24.3 Å². The van der Waals surface area contributed by atoms with E-state index >= 15 is 0 Å². The molecule has 0 spiro atoms. The lowest BCUT2D eigenvalue weighted by Crippen LogP contribution is -2.41. The SMILES string of the molecule is COCCN1C[C@@H](NC(=O)Cc2c(C)c(-c3cnn(C)c3)nn2-c2ccccc2)[C@H](c2cccc(-c3ccccc3)c2)C1. The summed E-state index contributed by atoms with van der Waals surface area (Å²) in [6, 6.07) is 29.1. The molecule has 1 amide bonds. The Morgan fingerprint density at radius 1 is 0.953 bits per heavy atom. The normalized spacial score (nSPS) is 16.9. The summed E-state index contributed by atoms with van der Waals surface area (Å²) >= 11 is 0. The monoisotopic (exact) mass is 574 g/mol. The van der Waals surface area contributed by atoms with E-state index in [9.17, 15) is 4.79 Å². The molecule has 1 fully saturated rings. The minimum atomic E-state index is -0.0263. The number of carbonyl (C=O) groups is 1. The Balaban J connectivity index is 1.27. The molecule has 0 bridgehead atoms. The van der Waals surface area contributed by atoms with Crippen molar-refractivity contribution in [2.45, 2.75) is 25.3 Å². The van der Waals surface area contributed by atoms with Crippen molar-refractivity contribution in [2.75, 3.05) is 33.4 Å². The molecule has 2 atom stereocenters. The standard InChI is InChI=1S/C35H38N6O2/c1-25-33(41(30-15-8-5-9-16-30)38-35(25)29-21-36-39(2)22-29)20-34(42)37-32-24-40(17-18-43-3)23-31(32)28-14-10-13-27(19-28)26-11-6-4-7-12-26/h4-16,19,21-22,31-32H,17-18,20,23-24H2,1-3H3,(H,37,42)/t31-,32+/m0/s1. The molecule has 1 aliphatic rings. The van der Waals surface area contributed by atoms with Crippen LogP contribution in [0.25, 0.3) is 28.1 Å². The second-order valence-electron chi connectivity index (χ2n) is 11.3. The molecule has 3 heterocycles. The first-order valence-corrected chi connectivity index (χ1v) is 14.8. The molecule has 6 rings (SSSR count). The van der Waals surface area contributed by atoms with Gasteiger partial charge in [-0.25, -0.2) is 4.68 Å². The van der Waals surface area contributed by atoms with Crippen molar-refractivity contribution in [3.63, 3.8) is 0 Å². The molecule has 1 saturated heterocycles. The summed E-state index contributed by atoms with van der Waals surface area (Å²) in [5, 5.41) is 12.7. The van der Waals surface area contributed by atoms with E-state index in [0.29, 0.717) is 6.61 Å². The molecule has 43 heavy (non-hydrogen) atoms. The Hall–Kier alpha value is -4.53. The Morgan fingerprint density at radius 3 is 2.42 bits per heavy atom. The predicted octanol–water partition coefficient (Wildman–Crippen LogP) is 5.02. The molecular formula is C35H38N6O2. The van der Waals surface area contributed by atoms with E-state index in [1.807, 2.05) is 67.4 Å². The van der Waals surface area contributed by atoms with Crippen LogP contribution in [0.15, 0.2) is 97.3 Å². The molecule has 0 unspecified atom stereocenters. The summed E-state index contributed by atoms with van der Waals surface area (Å²) in [5.74, 6) is 0.149. The first-order chi connectivity index (χ1) is 21.0. The highest BCUT2D eigenvalue weighted by atomic mass is 16.5. The highest BCUT2D eigenvalue weighted by Gasteiger charge is 2.35. The molecule has 3 aromatic carbocycles. The van der Waals surface area contributed by atoms with E-state index in [0.717, 1.165) is 47.8 Å². The first kappa shape index (κ1) is 28.6. The zero-order chi connectivity index (χ0) is 29.8. The van der Waals surface area contributed by atoms with Crippen LogP contribution < -0.4 is 5.32 Å². The quantitative estimate of drug-likeness (QED) is 0.254. The molecule has 1 N–H and O–H groups in total. The number of rotatable bonds is 10. The summed E-state index contributed by atoms with van der Waals surface area (Å²) in [6.07, 6.45) is 3.99. The van der Waals surface area contributed by atoms with Crippen molar-refractivity contribution in [1.29, 1.82) is 0 Å². The third kappa shape index (κ3) is 6.30. The van der Waals surface area contributed by atoms with Gasteiger partial charge in [0.15, 0.2) is 0 Å². The van der Waals surface area contributed by atoms with Gasteiger partial charge in [0.05, 0.1) is 36.3 Å². The number of benzene rings is 3. The predicted molar refractivity (Wildman–Crippen MR) is 169 cm³/mol. The maximum Gasteiger partial charge on any atom is 0.226 e. The van der Waals surface area contributed by atoms with Gasteiger partial charge >= 0.3 is 0 Å². The van der Waals surface area contributed by atoms with Crippen LogP contribution in [0.1, 0.15) is 22.7 Å². The lowest BCUT2D eigenvalue weighted by atomic mass is 9.91. The number of hydrogen-bond donors (Lipinski definition) is 1. The van der Waals surface area contributed by atoms with E-state index in [1.54, 1.807) is 11.8 Å². The van der Waals surface area contributed by atoms with Gasteiger partial charge in [-0.2, -0.15) is 10.2 Å². The van der Waals surface area contributed by atoms with Gasteiger partial charge in [0.1, 0.15) is 0 Å². The van der Waals surface area contributed by atoms with Crippen molar-refractivity contribution in [3.05, 3.63) is 114 Å². The van der Waals surface area contributed by atoms with Crippen LogP contribution in [0.4, 0.5) is 0 Å². The van der Waals surface area contributed by atoms with Crippen molar-refractivity contribution in [3.8, 4) is 28.1 Å². The number of amides is 1. The molecule has 5 aromatic rings. The van der Waals surface area contributed by atoms with Crippen LogP contribution in [0.5, 0.6) is 0 Å². The zero-order valence-electron chi connectivity index (χ0n) is 25.0. The molecule has 0 saturated carbocycles. The van der Waals surface area contributed by atoms with Gasteiger partial charge < -0.3 is 10.1 Å². The van der Waals surface area contributed by atoms with Gasteiger partial charge in [0.25, 0.3) is 0 Å². The number of likely N-dealkylation sites (tertiary alicyclic amines) is 1. The smallest absolute Gasteiger partial charge is 0.226 e. The van der Waals surface area contributed by atoms with Crippen LogP contribution >= 0.6 is 0 Å². The Morgan fingerprint density at radius 2 is 1.70 bits per heavy atom. The number of methoxy groups -OCH3 is 1. The second kappa shape index (κ2) is 12.8. The van der Waals surface area contributed by atoms with Gasteiger partial charge in [-0.05, 0) is 41.3 Å². The number of nitrogens with one attached hydrogen (secondary N) is 1. The average molecular weight is 575 g/mol.